The van der Waals surface area contributed by atoms with Gasteiger partial charge in [-0.15, -0.1) is 11.3 Å². The number of amides is 2. The van der Waals surface area contributed by atoms with E-state index in [-0.39, 0.29) is 17.9 Å². The molecule has 0 unspecified atom stereocenters. The van der Waals surface area contributed by atoms with Crippen LogP contribution in [0.1, 0.15) is 21.3 Å². The number of benzene rings is 1. The SMILES string of the molecule is O=C(N[C@H]1C(=O)NN[C@@H]1c1cccs1)c1ccccc1. The Bertz CT molecular complexity index is 613. The lowest BCUT2D eigenvalue weighted by Crippen LogP contribution is -2.42. The molecule has 1 aliphatic heterocycles. The molecule has 102 valence electrons. The van der Waals surface area contributed by atoms with Crippen LogP contribution in [0.3, 0.4) is 0 Å². The van der Waals surface area contributed by atoms with E-state index < -0.39 is 6.04 Å². The van der Waals surface area contributed by atoms with E-state index in [9.17, 15) is 9.59 Å². The highest BCUT2D eigenvalue weighted by Crippen LogP contribution is 2.24. The van der Waals surface area contributed by atoms with Gasteiger partial charge in [-0.2, -0.15) is 0 Å². The number of carbonyl (C=O) groups is 2. The summed E-state index contributed by atoms with van der Waals surface area (Å²) in [5.41, 5.74) is 6.02. The van der Waals surface area contributed by atoms with Crippen molar-refractivity contribution < 1.29 is 9.59 Å². The maximum absolute atomic E-state index is 12.1. The molecule has 0 aliphatic carbocycles. The molecule has 3 N–H and O–H groups in total. The highest BCUT2D eigenvalue weighted by molar-refractivity contribution is 7.10. The second-order valence-electron chi connectivity index (χ2n) is 4.44. The monoisotopic (exact) mass is 287 g/mol. The van der Waals surface area contributed by atoms with E-state index in [2.05, 4.69) is 16.2 Å². The van der Waals surface area contributed by atoms with E-state index in [0.29, 0.717) is 5.56 Å². The molecule has 2 aromatic rings. The summed E-state index contributed by atoms with van der Waals surface area (Å²) < 4.78 is 0. The fourth-order valence-electron chi connectivity index (χ4n) is 2.13. The number of rotatable bonds is 3. The molecule has 2 heterocycles. The van der Waals surface area contributed by atoms with Crippen LogP contribution in [0.15, 0.2) is 47.8 Å². The summed E-state index contributed by atoms with van der Waals surface area (Å²) in [7, 11) is 0. The molecular formula is C14H13N3O2S. The Balaban J connectivity index is 1.78. The fourth-order valence-corrected chi connectivity index (χ4v) is 2.94. The van der Waals surface area contributed by atoms with Crippen molar-refractivity contribution in [1.29, 1.82) is 0 Å². The van der Waals surface area contributed by atoms with Crippen molar-refractivity contribution in [3.8, 4) is 0 Å². The van der Waals surface area contributed by atoms with Crippen molar-refractivity contribution in [3.63, 3.8) is 0 Å². The maximum atomic E-state index is 12.1. The van der Waals surface area contributed by atoms with E-state index in [4.69, 9.17) is 0 Å². The Morgan fingerprint density at radius 2 is 1.95 bits per heavy atom. The second kappa shape index (κ2) is 5.44. The molecule has 1 aromatic carbocycles. The summed E-state index contributed by atoms with van der Waals surface area (Å²) >= 11 is 1.54. The highest BCUT2D eigenvalue weighted by atomic mass is 32.1. The summed E-state index contributed by atoms with van der Waals surface area (Å²) in [5.74, 6) is -0.483. The topological polar surface area (TPSA) is 70.2 Å². The molecule has 3 rings (SSSR count). The van der Waals surface area contributed by atoms with Crippen LogP contribution in [0, 0.1) is 0 Å². The van der Waals surface area contributed by atoms with E-state index >= 15 is 0 Å². The summed E-state index contributed by atoms with van der Waals surface area (Å²) in [5, 5.41) is 4.72. The van der Waals surface area contributed by atoms with Gasteiger partial charge in [-0.25, -0.2) is 5.43 Å². The van der Waals surface area contributed by atoms with Crippen LogP contribution in [0.25, 0.3) is 0 Å². The maximum Gasteiger partial charge on any atom is 0.258 e. The van der Waals surface area contributed by atoms with Crippen molar-refractivity contribution in [3.05, 3.63) is 58.3 Å². The van der Waals surface area contributed by atoms with Crippen LogP contribution in [-0.4, -0.2) is 17.9 Å². The van der Waals surface area contributed by atoms with Crippen LogP contribution in [-0.2, 0) is 4.79 Å². The van der Waals surface area contributed by atoms with Gasteiger partial charge >= 0.3 is 0 Å². The quantitative estimate of drug-likeness (QED) is 0.795. The van der Waals surface area contributed by atoms with Crippen molar-refractivity contribution >= 4 is 23.2 Å². The molecule has 1 aromatic heterocycles. The number of carbonyl (C=O) groups excluding carboxylic acids is 2. The Morgan fingerprint density at radius 3 is 2.65 bits per heavy atom. The Hall–Kier alpha value is -2.18. The third kappa shape index (κ3) is 2.43. The van der Waals surface area contributed by atoms with Gasteiger partial charge in [-0.05, 0) is 23.6 Å². The summed E-state index contributed by atoms with van der Waals surface area (Å²) in [6.45, 7) is 0. The normalized spacial score (nSPS) is 21.5. The van der Waals surface area contributed by atoms with Gasteiger partial charge in [0.2, 0.25) is 0 Å². The van der Waals surface area contributed by atoms with E-state index in [0.717, 1.165) is 4.88 Å². The van der Waals surface area contributed by atoms with E-state index in [1.165, 1.54) is 0 Å². The minimum absolute atomic E-state index is 0.229. The molecule has 20 heavy (non-hydrogen) atoms. The number of nitrogens with one attached hydrogen (secondary N) is 3. The first-order valence-electron chi connectivity index (χ1n) is 6.20. The average molecular weight is 287 g/mol. The Labute approximate surface area is 120 Å². The lowest BCUT2D eigenvalue weighted by atomic mass is 10.1. The van der Waals surface area contributed by atoms with E-state index in [1.54, 1.807) is 35.6 Å². The summed E-state index contributed by atoms with van der Waals surface area (Å²) in [6, 6.07) is 11.9. The predicted molar refractivity (Wildman–Crippen MR) is 76.0 cm³/mol. The molecule has 5 nitrogen and oxygen atoms in total. The average Bonchev–Trinajstić information content (AvgIpc) is 3.11. The van der Waals surface area contributed by atoms with Gasteiger partial charge in [0.25, 0.3) is 11.8 Å². The molecule has 2 atom stereocenters. The van der Waals surface area contributed by atoms with Crippen molar-refractivity contribution in [2.45, 2.75) is 12.1 Å². The predicted octanol–water partition coefficient (Wildman–Crippen LogP) is 1.22. The van der Waals surface area contributed by atoms with Gasteiger partial charge < -0.3 is 5.32 Å². The molecule has 6 heteroatoms. The first-order chi connectivity index (χ1) is 9.75. The number of thiophene rings is 1. The molecule has 1 saturated heterocycles. The smallest absolute Gasteiger partial charge is 0.258 e. The Kier molecular flexibility index (Phi) is 3.49. The van der Waals surface area contributed by atoms with Crippen LogP contribution < -0.4 is 16.2 Å². The summed E-state index contributed by atoms with van der Waals surface area (Å²) in [6.07, 6.45) is 0. The standard InChI is InChI=1S/C14H13N3O2S/c18-13(9-5-2-1-3-6-9)15-12-11(16-17-14(12)19)10-7-4-8-20-10/h1-8,11-12,16H,(H,15,18)(H,17,19)/t11-,12-/m1/s1. The van der Waals surface area contributed by atoms with Gasteiger partial charge in [0.1, 0.15) is 6.04 Å². The van der Waals surface area contributed by atoms with Crippen LogP contribution >= 0.6 is 11.3 Å². The molecular weight excluding hydrogens is 274 g/mol. The van der Waals surface area contributed by atoms with E-state index in [1.807, 2.05) is 23.6 Å². The van der Waals surface area contributed by atoms with Gasteiger partial charge in [0.05, 0.1) is 6.04 Å². The number of hydrazine groups is 1. The molecule has 0 radical (unpaired) electrons. The zero-order valence-corrected chi connectivity index (χ0v) is 11.3. The fraction of sp³-hybridized carbons (Fsp3) is 0.143. The second-order valence-corrected chi connectivity index (χ2v) is 5.42. The third-order valence-electron chi connectivity index (χ3n) is 3.14. The van der Waals surface area contributed by atoms with Crippen LogP contribution in [0.5, 0.6) is 0 Å². The van der Waals surface area contributed by atoms with Gasteiger partial charge in [0, 0.05) is 10.4 Å². The number of hydrogen-bond acceptors (Lipinski definition) is 4. The van der Waals surface area contributed by atoms with Gasteiger partial charge in [0.15, 0.2) is 0 Å². The summed E-state index contributed by atoms with van der Waals surface area (Å²) in [4.78, 5) is 25.0. The minimum atomic E-state index is -0.610. The lowest BCUT2D eigenvalue weighted by molar-refractivity contribution is -0.121. The van der Waals surface area contributed by atoms with Crippen molar-refractivity contribution in [2.24, 2.45) is 0 Å². The van der Waals surface area contributed by atoms with Gasteiger partial charge in [-0.3, -0.25) is 15.0 Å². The number of hydrogen-bond donors (Lipinski definition) is 3. The minimum Gasteiger partial charge on any atom is -0.338 e. The molecule has 1 fully saturated rings. The van der Waals surface area contributed by atoms with Gasteiger partial charge in [-0.1, -0.05) is 24.3 Å². The van der Waals surface area contributed by atoms with Crippen LogP contribution in [0.4, 0.5) is 0 Å². The first-order valence-corrected chi connectivity index (χ1v) is 7.08. The molecule has 0 saturated carbocycles. The Morgan fingerprint density at radius 1 is 1.15 bits per heavy atom. The molecule has 1 aliphatic rings. The van der Waals surface area contributed by atoms with Crippen molar-refractivity contribution in [1.82, 2.24) is 16.2 Å². The molecule has 0 spiro atoms. The largest absolute Gasteiger partial charge is 0.338 e. The lowest BCUT2D eigenvalue weighted by Gasteiger charge is -2.16. The third-order valence-corrected chi connectivity index (χ3v) is 4.09. The first kappa shape index (κ1) is 12.8. The molecule has 0 bridgehead atoms. The zero-order valence-electron chi connectivity index (χ0n) is 10.5. The molecule has 2 amide bonds. The van der Waals surface area contributed by atoms with Crippen molar-refractivity contribution in [2.75, 3.05) is 0 Å². The van der Waals surface area contributed by atoms with Crippen LogP contribution in [0.2, 0.25) is 0 Å². The highest BCUT2D eigenvalue weighted by Gasteiger charge is 2.37. The zero-order chi connectivity index (χ0) is 13.9.